The molecule has 0 aliphatic carbocycles. The molecular weight excluding hydrogens is 284 g/mol. The summed E-state index contributed by atoms with van der Waals surface area (Å²) in [7, 11) is 2.22. The largest absolute Gasteiger partial charge is 0.375 e. The van der Waals surface area contributed by atoms with Gasteiger partial charge in [-0.15, -0.1) is 0 Å². The molecule has 1 atom stereocenters. The molecule has 0 amide bonds. The van der Waals surface area contributed by atoms with Crippen LogP contribution in [0.1, 0.15) is 36.4 Å². The molecule has 0 radical (unpaired) electrons. The Kier molecular flexibility index (Phi) is 5.17. The van der Waals surface area contributed by atoms with E-state index in [0.29, 0.717) is 6.61 Å². The van der Waals surface area contributed by atoms with E-state index in [1.807, 2.05) is 12.1 Å². The molecule has 116 valence electrons. The van der Waals surface area contributed by atoms with Crippen molar-refractivity contribution in [2.75, 3.05) is 33.3 Å². The maximum absolute atomic E-state index is 6.38. The van der Waals surface area contributed by atoms with Crippen LogP contribution in [0.5, 0.6) is 0 Å². The molecule has 0 aromatic heterocycles. The van der Waals surface area contributed by atoms with Crippen molar-refractivity contribution >= 4 is 11.6 Å². The highest BCUT2D eigenvalue weighted by atomic mass is 35.5. The number of rotatable bonds is 4. The zero-order chi connectivity index (χ0) is 14.7. The Morgan fingerprint density at radius 3 is 2.95 bits per heavy atom. The highest BCUT2D eigenvalue weighted by Crippen LogP contribution is 2.31. The van der Waals surface area contributed by atoms with E-state index in [9.17, 15) is 0 Å². The molecule has 1 aromatic rings. The van der Waals surface area contributed by atoms with Crippen LogP contribution in [0.3, 0.4) is 0 Å². The molecule has 2 heterocycles. The second-order valence-electron chi connectivity index (χ2n) is 6.37. The summed E-state index contributed by atoms with van der Waals surface area (Å²) in [6.07, 6.45) is 3.91. The number of fused-ring (bicyclic) bond motifs is 1. The zero-order valence-corrected chi connectivity index (χ0v) is 13.5. The third-order valence-corrected chi connectivity index (χ3v) is 5.14. The topological polar surface area (TPSA) is 24.5 Å². The van der Waals surface area contributed by atoms with Crippen LogP contribution in [0.4, 0.5) is 0 Å². The van der Waals surface area contributed by atoms with E-state index in [1.54, 1.807) is 0 Å². The monoisotopic (exact) mass is 308 g/mol. The normalized spacial score (nSPS) is 24.0. The molecule has 3 nitrogen and oxygen atoms in total. The number of ether oxygens (including phenoxy) is 1. The zero-order valence-electron chi connectivity index (χ0n) is 12.8. The van der Waals surface area contributed by atoms with Gasteiger partial charge < -0.3 is 15.0 Å². The molecule has 3 rings (SSSR count). The fourth-order valence-electron chi connectivity index (χ4n) is 3.44. The van der Waals surface area contributed by atoms with E-state index in [-0.39, 0.29) is 6.04 Å². The third kappa shape index (κ3) is 3.78. The van der Waals surface area contributed by atoms with Gasteiger partial charge in [-0.25, -0.2) is 0 Å². The molecule has 2 aliphatic heterocycles. The first-order valence-electron chi connectivity index (χ1n) is 8.01. The van der Waals surface area contributed by atoms with Crippen molar-refractivity contribution in [2.24, 2.45) is 5.92 Å². The van der Waals surface area contributed by atoms with Gasteiger partial charge in [-0.1, -0.05) is 23.7 Å². The summed E-state index contributed by atoms with van der Waals surface area (Å²) in [5.41, 5.74) is 2.47. The van der Waals surface area contributed by atoms with Crippen molar-refractivity contribution in [1.29, 1.82) is 0 Å². The number of hydrogen-bond donors (Lipinski definition) is 1. The standard InChI is InChI=1S/C17H25ClN2O/c1-20-9-6-13(7-10-20)5-8-19-16-12-21-11-14-3-2-4-15(18)17(14)16/h2-4,13,16,19H,5-12H2,1H3. The van der Waals surface area contributed by atoms with Gasteiger partial charge in [0.1, 0.15) is 0 Å². The van der Waals surface area contributed by atoms with Crippen LogP contribution in [0.2, 0.25) is 5.02 Å². The van der Waals surface area contributed by atoms with Gasteiger partial charge in [0, 0.05) is 5.02 Å². The molecule has 1 saturated heterocycles. The fourth-order valence-corrected chi connectivity index (χ4v) is 3.77. The average molecular weight is 309 g/mol. The summed E-state index contributed by atoms with van der Waals surface area (Å²) in [6.45, 7) is 4.94. The van der Waals surface area contributed by atoms with Gasteiger partial charge in [-0.3, -0.25) is 0 Å². The first-order valence-corrected chi connectivity index (χ1v) is 8.39. The first-order chi connectivity index (χ1) is 10.2. The van der Waals surface area contributed by atoms with E-state index >= 15 is 0 Å². The second-order valence-corrected chi connectivity index (χ2v) is 6.78. The Hall–Kier alpha value is -0.610. The lowest BCUT2D eigenvalue weighted by atomic mass is 9.93. The van der Waals surface area contributed by atoms with E-state index in [1.165, 1.54) is 43.5 Å². The summed E-state index contributed by atoms with van der Waals surface area (Å²) in [4.78, 5) is 2.43. The smallest absolute Gasteiger partial charge is 0.0721 e. The molecule has 0 saturated carbocycles. The third-order valence-electron chi connectivity index (χ3n) is 4.82. The summed E-state index contributed by atoms with van der Waals surface area (Å²) in [5, 5.41) is 4.52. The van der Waals surface area contributed by atoms with Crippen molar-refractivity contribution in [3.05, 3.63) is 34.3 Å². The quantitative estimate of drug-likeness (QED) is 0.924. The number of nitrogens with one attached hydrogen (secondary N) is 1. The Morgan fingerprint density at radius 1 is 1.33 bits per heavy atom. The lowest BCUT2D eigenvalue weighted by Gasteiger charge is -2.31. The number of piperidine rings is 1. The van der Waals surface area contributed by atoms with Crippen molar-refractivity contribution in [1.82, 2.24) is 10.2 Å². The summed E-state index contributed by atoms with van der Waals surface area (Å²) in [6, 6.07) is 6.35. The Balaban J connectivity index is 1.53. The summed E-state index contributed by atoms with van der Waals surface area (Å²) in [5.74, 6) is 0.865. The van der Waals surface area contributed by atoms with Gasteiger partial charge in [0.2, 0.25) is 0 Å². The Labute approximate surface area is 132 Å². The molecule has 1 fully saturated rings. The Morgan fingerprint density at radius 2 is 2.14 bits per heavy atom. The number of benzene rings is 1. The number of nitrogens with zero attached hydrogens (tertiary/aromatic N) is 1. The molecule has 1 unspecified atom stereocenters. The van der Waals surface area contributed by atoms with Gasteiger partial charge in [0.05, 0.1) is 19.3 Å². The van der Waals surface area contributed by atoms with E-state index in [2.05, 4.69) is 23.3 Å². The van der Waals surface area contributed by atoms with Crippen LogP contribution in [-0.2, 0) is 11.3 Å². The fraction of sp³-hybridized carbons (Fsp3) is 0.647. The van der Waals surface area contributed by atoms with Gasteiger partial charge in [0.25, 0.3) is 0 Å². The van der Waals surface area contributed by atoms with Gasteiger partial charge in [-0.05, 0) is 69.1 Å². The first kappa shape index (κ1) is 15.3. The highest BCUT2D eigenvalue weighted by Gasteiger charge is 2.23. The summed E-state index contributed by atoms with van der Waals surface area (Å²) >= 11 is 6.38. The van der Waals surface area contributed by atoms with E-state index < -0.39 is 0 Å². The Bertz CT molecular complexity index is 472. The minimum Gasteiger partial charge on any atom is -0.375 e. The van der Waals surface area contributed by atoms with Crippen molar-refractivity contribution in [2.45, 2.75) is 31.9 Å². The predicted octanol–water partition coefficient (Wildman–Crippen LogP) is 3.23. The molecule has 21 heavy (non-hydrogen) atoms. The lowest BCUT2D eigenvalue weighted by Crippen LogP contribution is -2.34. The lowest BCUT2D eigenvalue weighted by molar-refractivity contribution is 0.0813. The molecule has 2 aliphatic rings. The number of likely N-dealkylation sites (tertiary alicyclic amines) is 1. The second kappa shape index (κ2) is 7.10. The molecular formula is C17H25ClN2O. The van der Waals surface area contributed by atoms with Crippen molar-refractivity contribution in [3.8, 4) is 0 Å². The van der Waals surface area contributed by atoms with Crippen LogP contribution >= 0.6 is 11.6 Å². The molecule has 0 spiro atoms. The van der Waals surface area contributed by atoms with Crippen LogP contribution < -0.4 is 5.32 Å². The highest BCUT2D eigenvalue weighted by molar-refractivity contribution is 6.31. The van der Waals surface area contributed by atoms with Crippen LogP contribution in [0.15, 0.2) is 18.2 Å². The summed E-state index contributed by atoms with van der Waals surface area (Å²) < 4.78 is 5.69. The number of hydrogen-bond acceptors (Lipinski definition) is 3. The SMILES string of the molecule is CN1CCC(CCNC2COCc3cccc(Cl)c32)CC1. The molecule has 0 bridgehead atoms. The van der Waals surface area contributed by atoms with Gasteiger partial charge >= 0.3 is 0 Å². The predicted molar refractivity (Wildman–Crippen MR) is 86.7 cm³/mol. The van der Waals surface area contributed by atoms with E-state index in [4.69, 9.17) is 16.3 Å². The van der Waals surface area contributed by atoms with Gasteiger partial charge in [-0.2, -0.15) is 0 Å². The molecule has 1 N–H and O–H groups in total. The average Bonchev–Trinajstić information content (AvgIpc) is 2.50. The van der Waals surface area contributed by atoms with Crippen LogP contribution in [-0.4, -0.2) is 38.2 Å². The van der Waals surface area contributed by atoms with Crippen LogP contribution in [0.25, 0.3) is 0 Å². The molecule has 4 heteroatoms. The van der Waals surface area contributed by atoms with E-state index in [0.717, 1.165) is 24.1 Å². The minimum absolute atomic E-state index is 0.244. The number of halogens is 1. The van der Waals surface area contributed by atoms with Gasteiger partial charge in [0.15, 0.2) is 0 Å². The van der Waals surface area contributed by atoms with Crippen molar-refractivity contribution in [3.63, 3.8) is 0 Å². The van der Waals surface area contributed by atoms with Crippen molar-refractivity contribution < 1.29 is 4.74 Å². The maximum Gasteiger partial charge on any atom is 0.0721 e. The maximum atomic E-state index is 6.38. The minimum atomic E-state index is 0.244. The van der Waals surface area contributed by atoms with Crippen LogP contribution in [0, 0.1) is 5.92 Å². The molecule has 1 aromatic carbocycles.